The van der Waals surface area contributed by atoms with Gasteiger partial charge in [0.15, 0.2) is 0 Å². The zero-order chi connectivity index (χ0) is 45.0. The molecule has 0 fully saturated rings. The Morgan fingerprint density at radius 2 is 0.361 bits per heavy atom. The van der Waals surface area contributed by atoms with Crippen molar-refractivity contribution in [2.75, 3.05) is 17.3 Å². The lowest BCUT2D eigenvalue weighted by atomic mass is 10.0. The van der Waals surface area contributed by atoms with Crippen molar-refractivity contribution in [1.82, 2.24) is 0 Å². The van der Waals surface area contributed by atoms with Gasteiger partial charge >= 0.3 is 15.1 Å². The number of rotatable bonds is 51. The topological polar surface area (TPSA) is 130 Å². The first-order chi connectivity index (χ1) is 29.5. The molecule has 0 aliphatic carbocycles. The summed E-state index contributed by atoms with van der Waals surface area (Å²) in [6.07, 6.45) is 47.3. The summed E-state index contributed by atoms with van der Waals surface area (Å²) in [5.74, 6) is -1.00. The van der Waals surface area contributed by atoms with Gasteiger partial charge in [0.1, 0.15) is 0 Å². The average Bonchev–Trinajstić information content (AvgIpc) is 3.20. The first kappa shape index (κ1) is 61.3. The molecule has 0 aromatic carbocycles. The van der Waals surface area contributed by atoms with E-state index in [0.717, 1.165) is 57.8 Å². The van der Waals surface area contributed by atoms with Gasteiger partial charge in [0.25, 0.3) is 0 Å². The maximum Gasteiger partial charge on any atom is 0.951 e. The van der Waals surface area contributed by atoms with Gasteiger partial charge in [-0.3, -0.25) is 0 Å². The molecular weight excluding hydrogens is 844 g/mol. The molecule has 0 aromatic rings. The summed E-state index contributed by atoms with van der Waals surface area (Å²) in [5.41, 5.74) is 0. The van der Waals surface area contributed by atoms with E-state index in [1.165, 1.54) is 173 Å². The van der Waals surface area contributed by atoms with E-state index in [1.54, 1.807) is 0 Å². The van der Waals surface area contributed by atoms with Crippen LogP contribution >= 0.6 is 0 Å². The largest absolute Gasteiger partial charge is 0.951 e. The Bertz CT molecular complexity index is 1090. The fourth-order valence-electron chi connectivity index (χ4n) is 7.97. The summed E-state index contributed by atoms with van der Waals surface area (Å²) in [6, 6.07) is 0. The van der Waals surface area contributed by atoms with Gasteiger partial charge in [-0.25, -0.2) is 25.3 Å². The first-order valence-electron chi connectivity index (χ1n) is 26.2. The highest BCUT2D eigenvalue weighted by molar-refractivity contribution is 7.90. The quantitative estimate of drug-likeness (QED) is 0.0432. The molecule has 0 amide bonds. The van der Waals surface area contributed by atoms with Crippen LogP contribution in [0.25, 0.3) is 0 Å². The van der Waals surface area contributed by atoms with Crippen molar-refractivity contribution in [3.8, 4) is 0 Å². The molecule has 0 spiro atoms. The molecular formula is C48H99AlO9S3. The minimum absolute atomic E-state index is 0.334. The van der Waals surface area contributed by atoms with Gasteiger partial charge in [0.2, 0.25) is 30.4 Å². The molecule has 366 valence electrons. The third-order valence-electron chi connectivity index (χ3n) is 11.9. The molecule has 0 unspecified atom stereocenters. The fraction of sp³-hybridized carbons (Fsp3) is 1.00. The van der Waals surface area contributed by atoms with E-state index in [9.17, 15) is 25.3 Å². The monoisotopic (exact) mass is 943 g/mol. The highest BCUT2D eigenvalue weighted by Gasteiger charge is 2.45. The Morgan fingerprint density at radius 1 is 0.230 bits per heavy atom. The van der Waals surface area contributed by atoms with E-state index in [1.807, 2.05) is 0 Å². The molecule has 0 bridgehead atoms. The van der Waals surface area contributed by atoms with Crippen LogP contribution in [0.2, 0.25) is 0 Å². The standard InChI is InChI=1S/3C16H34O3S.Al/c3*1-2-3-4-5-6-7-8-9-10-11-12-13-14-15-16-20(17,18)19;/h3*2-16H2,1H3,(H,17,18,19);/q;;;+3/p-3. The van der Waals surface area contributed by atoms with E-state index < -0.39 is 45.5 Å². The molecule has 13 heteroatoms. The van der Waals surface area contributed by atoms with Crippen LogP contribution in [0.1, 0.15) is 290 Å². The van der Waals surface area contributed by atoms with Crippen LogP contribution in [0.15, 0.2) is 0 Å². The van der Waals surface area contributed by atoms with Crippen LogP contribution in [0.5, 0.6) is 0 Å². The van der Waals surface area contributed by atoms with Crippen LogP contribution in [-0.2, 0) is 40.1 Å². The SMILES string of the molecule is CCCCCCCCCCCCCCCCS(=O)(=O)[O][Al]([O]S(=O)(=O)CCCCCCCCCCCCCCCC)[O]S(=O)(=O)CCCCCCCCCCCCCCCC. The third-order valence-corrected chi connectivity index (χ3v) is 19.7. The number of hydrogen-bond donors (Lipinski definition) is 0. The minimum atomic E-state index is -4.26. The maximum atomic E-state index is 13.0. The third kappa shape index (κ3) is 46.6. The van der Waals surface area contributed by atoms with Crippen LogP contribution in [0, 0.1) is 0 Å². The van der Waals surface area contributed by atoms with Crippen LogP contribution in [0.4, 0.5) is 0 Å². The second-order valence-corrected chi connectivity index (χ2v) is 25.6. The smallest absolute Gasteiger partial charge is 0.342 e. The van der Waals surface area contributed by atoms with Gasteiger partial charge in [-0.15, -0.1) is 0 Å². The van der Waals surface area contributed by atoms with Gasteiger partial charge in [0.05, 0.1) is 17.3 Å². The molecule has 61 heavy (non-hydrogen) atoms. The van der Waals surface area contributed by atoms with Crippen molar-refractivity contribution in [3.63, 3.8) is 0 Å². The number of unbranched alkanes of at least 4 members (excludes halogenated alkanes) is 39. The van der Waals surface area contributed by atoms with Gasteiger partial charge in [-0.05, 0) is 19.3 Å². The Labute approximate surface area is 385 Å². The lowest BCUT2D eigenvalue weighted by molar-refractivity contribution is 0.310. The molecule has 0 saturated carbocycles. The predicted octanol–water partition coefficient (Wildman–Crippen LogP) is 15.5. The normalized spacial score (nSPS) is 12.4. The van der Waals surface area contributed by atoms with E-state index in [2.05, 4.69) is 20.8 Å². The van der Waals surface area contributed by atoms with E-state index in [0.29, 0.717) is 38.5 Å². The van der Waals surface area contributed by atoms with Crippen molar-refractivity contribution in [2.24, 2.45) is 0 Å². The summed E-state index contributed by atoms with van der Waals surface area (Å²) in [6.45, 7) is 6.72. The minimum Gasteiger partial charge on any atom is -0.342 e. The molecule has 0 aromatic heterocycles. The molecule has 0 aliphatic rings. The molecule has 0 aliphatic heterocycles. The summed E-state index contributed by atoms with van der Waals surface area (Å²) < 4.78 is 93.5. The summed E-state index contributed by atoms with van der Waals surface area (Å²) in [4.78, 5) is 0. The molecule has 0 radical (unpaired) electrons. The van der Waals surface area contributed by atoms with Gasteiger partial charge in [-0.1, -0.05) is 271 Å². The molecule has 0 atom stereocenters. The van der Waals surface area contributed by atoms with E-state index in [4.69, 9.17) is 9.70 Å². The second-order valence-electron chi connectivity index (χ2n) is 18.2. The highest BCUT2D eigenvalue weighted by atomic mass is 32.2. The summed E-state index contributed by atoms with van der Waals surface area (Å²) in [7, 11) is -12.8. The molecule has 0 heterocycles. The number of hydrogen-bond acceptors (Lipinski definition) is 9. The van der Waals surface area contributed by atoms with Crippen molar-refractivity contribution in [1.29, 1.82) is 0 Å². The maximum absolute atomic E-state index is 13.0. The van der Waals surface area contributed by atoms with E-state index in [-0.39, 0.29) is 17.3 Å². The van der Waals surface area contributed by atoms with Gasteiger partial charge in [0, 0.05) is 0 Å². The van der Waals surface area contributed by atoms with Crippen LogP contribution in [-0.4, -0.2) is 57.7 Å². The summed E-state index contributed by atoms with van der Waals surface area (Å²) >= 11 is -4.15. The van der Waals surface area contributed by atoms with Crippen molar-refractivity contribution in [3.05, 3.63) is 0 Å². The Kier molecular flexibility index (Phi) is 44.3. The van der Waals surface area contributed by atoms with Gasteiger partial charge < -0.3 is 9.70 Å². The highest BCUT2D eigenvalue weighted by Crippen LogP contribution is 2.18. The van der Waals surface area contributed by atoms with Crippen molar-refractivity contribution < 1.29 is 35.0 Å². The first-order valence-corrected chi connectivity index (χ1v) is 32.3. The Morgan fingerprint density at radius 3 is 0.508 bits per heavy atom. The zero-order valence-electron chi connectivity index (χ0n) is 40.3. The average molecular weight is 943 g/mol. The Balaban J connectivity index is 4.72. The lowest BCUT2D eigenvalue weighted by Gasteiger charge is -2.14. The lowest BCUT2D eigenvalue weighted by Crippen LogP contribution is -2.36. The second kappa shape index (κ2) is 44.1. The van der Waals surface area contributed by atoms with Crippen molar-refractivity contribution in [2.45, 2.75) is 290 Å². The fourth-order valence-corrected chi connectivity index (χ4v) is 14.9. The van der Waals surface area contributed by atoms with Crippen molar-refractivity contribution >= 4 is 45.5 Å². The molecule has 0 N–H and O–H groups in total. The zero-order valence-corrected chi connectivity index (χ0v) is 43.9. The van der Waals surface area contributed by atoms with Crippen LogP contribution < -0.4 is 0 Å². The molecule has 0 saturated heterocycles. The molecule has 9 nitrogen and oxygen atoms in total. The Hall–Kier alpha value is 0.262. The summed E-state index contributed by atoms with van der Waals surface area (Å²) in [5, 5.41) is 0. The van der Waals surface area contributed by atoms with Gasteiger partial charge in [-0.2, -0.15) is 0 Å². The predicted molar refractivity (Wildman–Crippen MR) is 261 cm³/mol. The molecule has 0 rings (SSSR count). The van der Waals surface area contributed by atoms with Crippen LogP contribution in [0.3, 0.4) is 0 Å². The van der Waals surface area contributed by atoms with E-state index >= 15 is 0 Å².